The van der Waals surface area contributed by atoms with E-state index in [9.17, 15) is 14.2 Å². The lowest BCUT2D eigenvalue weighted by Gasteiger charge is -2.15. The number of rotatable bonds is 7. The lowest BCUT2D eigenvalue weighted by Crippen LogP contribution is -2.33. The number of carbonyl (C=O) groups is 2. The third-order valence-electron chi connectivity index (χ3n) is 2.53. The molecule has 0 fully saturated rings. The zero-order chi connectivity index (χ0) is 16.9. The van der Waals surface area contributed by atoms with E-state index in [4.69, 9.17) is 20.3 Å². The molecule has 0 aliphatic rings. The van der Waals surface area contributed by atoms with E-state index in [-0.39, 0.29) is 34.9 Å². The van der Waals surface area contributed by atoms with Gasteiger partial charge in [-0.2, -0.15) is 12.6 Å². The second-order valence-electron chi connectivity index (χ2n) is 4.21. The minimum Gasteiger partial charge on any atom is -0.460 e. The first kappa shape index (κ1) is 18.6. The minimum absolute atomic E-state index is 0.0814. The number of aromatic nitrogens is 1. The van der Waals surface area contributed by atoms with E-state index in [1.54, 1.807) is 0 Å². The molecule has 1 rings (SSSR count). The van der Waals surface area contributed by atoms with Crippen molar-refractivity contribution in [2.45, 2.75) is 19.6 Å². The van der Waals surface area contributed by atoms with Crippen LogP contribution in [0.25, 0.3) is 0 Å². The van der Waals surface area contributed by atoms with Crippen LogP contribution in [0.1, 0.15) is 21.6 Å². The Bertz CT molecular complexity index is 619. The van der Waals surface area contributed by atoms with Crippen molar-refractivity contribution in [1.82, 2.24) is 4.98 Å². The van der Waals surface area contributed by atoms with Crippen molar-refractivity contribution in [3.8, 4) is 5.75 Å². The van der Waals surface area contributed by atoms with Crippen LogP contribution in [0.5, 0.6) is 5.75 Å². The number of nitrogens with two attached hydrogens (primary N) is 1. The molecule has 11 heteroatoms. The van der Waals surface area contributed by atoms with Crippen LogP contribution >= 0.6 is 20.5 Å². The highest BCUT2D eigenvalue weighted by atomic mass is 32.1. The molecule has 1 atom stereocenters. The van der Waals surface area contributed by atoms with Crippen molar-refractivity contribution in [2.75, 3.05) is 5.75 Å². The molecule has 0 aliphatic carbocycles. The molecule has 0 unspecified atom stereocenters. The van der Waals surface area contributed by atoms with Gasteiger partial charge in [-0.25, -0.2) is 4.57 Å². The fourth-order valence-corrected chi connectivity index (χ4v) is 2.07. The summed E-state index contributed by atoms with van der Waals surface area (Å²) in [6.45, 7) is 1.06. The third-order valence-corrected chi connectivity index (χ3v) is 3.34. The van der Waals surface area contributed by atoms with Crippen molar-refractivity contribution in [1.29, 1.82) is 0 Å². The van der Waals surface area contributed by atoms with E-state index < -0.39 is 19.8 Å². The molecule has 0 radical (unpaired) electrons. The van der Waals surface area contributed by atoms with Crippen molar-refractivity contribution < 1.29 is 33.2 Å². The highest BCUT2D eigenvalue weighted by Crippen LogP contribution is 2.40. The number of phosphoric acid groups is 1. The molecule has 22 heavy (non-hydrogen) atoms. The summed E-state index contributed by atoms with van der Waals surface area (Å²) in [5, 5.41) is 0. The molecule has 0 aliphatic heterocycles. The van der Waals surface area contributed by atoms with Gasteiger partial charge in [0.25, 0.3) is 0 Å². The average molecular weight is 350 g/mol. The van der Waals surface area contributed by atoms with Gasteiger partial charge in [0.15, 0.2) is 12.0 Å². The number of hydrogen-bond donors (Lipinski definition) is 4. The minimum atomic E-state index is -4.87. The first-order valence-corrected chi connectivity index (χ1v) is 8.07. The number of carbonyl (C=O) groups excluding carboxylic acids is 2. The molecular formula is C11H15N2O7PS. The monoisotopic (exact) mass is 350 g/mol. The predicted octanol–water partition coefficient (Wildman–Crippen LogP) is -0.0257. The molecule has 1 aromatic heterocycles. The van der Waals surface area contributed by atoms with Gasteiger partial charge in [0.05, 0.1) is 11.3 Å². The highest BCUT2D eigenvalue weighted by Gasteiger charge is 2.23. The Morgan fingerprint density at radius 1 is 1.59 bits per heavy atom. The van der Waals surface area contributed by atoms with Crippen LogP contribution in [0.3, 0.4) is 0 Å². The largest absolute Gasteiger partial charge is 0.524 e. The van der Waals surface area contributed by atoms with Gasteiger partial charge >= 0.3 is 13.8 Å². The summed E-state index contributed by atoms with van der Waals surface area (Å²) in [7, 11) is -4.87. The van der Waals surface area contributed by atoms with Crippen molar-refractivity contribution in [2.24, 2.45) is 5.73 Å². The van der Waals surface area contributed by atoms with E-state index in [0.717, 1.165) is 0 Å². The molecule has 0 bridgehead atoms. The van der Waals surface area contributed by atoms with Crippen LogP contribution in [-0.4, -0.2) is 38.8 Å². The quantitative estimate of drug-likeness (QED) is 0.230. The summed E-state index contributed by atoms with van der Waals surface area (Å²) in [6.07, 6.45) is 1.58. The summed E-state index contributed by atoms with van der Waals surface area (Å²) in [4.78, 5) is 44.2. The van der Waals surface area contributed by atoms with Crippen LogP contribution in [0.2, 0.25) is 0 Å². The number of esters is 1. The maximum atomic E-state index is 11.5. The molecule has 0 aromatic carbocycles. The van der Waals surface area contributed by atoms with Crippen molar-refractivity contribution >= 4 is 32.7 Å². The van der Waals surface area contributed by atoms with Gasteiger partial charge in [-0.1, -0.05) is 0 Å². The Kier molecular flexibility index (Phi) is 6.51. The molecule has 0 amide bonds. The van der Waals surface area contributed by atoms with Gasteiger partial charge in [-0.15, -0.1) is 0 Å². The molecule has 0 saturated carbocycles. The number of aldehydes is 1. The lowest BCUT2D eigenvalue weighted by molar-refractivity contribution is -0.145. The van der Waals surface area contributed by atoms with Crippen LogP contribution in [-0.2, 0) is 20.7 Å². The Labute approximate surface area is 131 Å². The topological polar surface area (TPSA) is 149 Å². The lowest BCUT2D eigenvalue weighted by atomic mass is 10.1. The van der Waals surface area contributed by atoms with E-state index >= 15 is 0 Å². The van der Waals surface area contributed by atoms with Gasteiger partial charge in [-0.3, -0.25) is 24.4 Å². The Balaban J connectivity index is 3.06. The molecule has 1 aromatic rings. The summed E-state index contributed by atoms with van der Waals surface area (Å²) in [5.74, 6) is -1.02. The normalized spacial score (nSPS) is 12.6. The van der Waals surface area contributed by atoms with E-state index in [1.807, 2.05) is 0 Å². The number of ether oxygens (including phenoxy) is 1. The number of aryl methyl sites for hydroxylation is 1. The summed E-state index contributed by atoms with van der Waals surface area (Å²) in [6, 6.07) is -0.924. The Morgan fingerprint density at radius 3 is 2.73 bits per heavy atom. The zero-order valence-electron chi connectivity index (χ0n) is 11.5. The summed E-state index contributed by atoms with van der Waals surface area (Å²) < 4.78 is 20.3. The molecule has 4 N–H and O–H groups in total. The number of nitrogens with zero attached hydrogens (tertiary/aromatic N) is 1. The number of thiol groups is 1. The fourth-order valence-electron chi connectivity index (χ4n) is 1.45. The van der Waals surface area contributed by atoms with Crippen molar-refractivity contribution in [3.63, 3.8) is 0 Å². The standard InChI is InChI=1S/C11H15N2O7PS/c1-6-10(20-21(16,17)18)8(3-14)7(2-13-6)4-19-11(15)9(12)5-22/h2-3,9,22H,4-5,12H2,1H3,(H2,16,17,18)/t9-/m0/s1. The zero-order valence-corrected chi connectivity index (χ0v) is 13.3. The van der Waals surface area contributed by atoms with Gasteiger partial charge in [-0.05, 0) is 6.92 Å². The van der Waals surface area contributed by atoms with Crippen LogP contribution in [0.15, 0.2) is 6.20 Å². The maximum Gasteiger partial charge on any atom is 0.524 e. The molecule has 1 heterocycles. The second kappa shape index (κ2) is 7.70. The summed E-state index contributed by atoms with van der Waals surface area (Å²) >= 11 is 3.85. The predicted molar refractivity (Wildman–Crippen MR) is 78.7 cm³/mol. The number of pyridine rings is 1. The fraction of sp³-hybridized carbons (Fsp3) is 0.364. The maximum absolute atomic E-state index is 11.5. The molecular weight excluding hydrogens is 335 g/mol. The summed E-state index contributed by atoms with van der Waals surface area (Å²) in [5.41, 5.74) is 5.49. The second-order valence-corrected chi connectivity index (χ2v) is 5.74. The first-order chi connectivity index (χ1) is 10.2. The van der Waals surface area contributed by atoms with Crippen LogP contribution in [0, 0.1) is 6.92 Å². The molecule has 0 spiro atoms. The number of phosphoric ester groups is 1. The van der Waals surface area contributed by atoms with Gasteiger partial charge in [0.2, 0.25) is 0 Å². The molecule has 122 valence electrons. The van der Waals surface area contributed by atoms with E-state index in [0.29, 0.717) is 6.29 Å². The third kappa shape index (κ3) is 5.08. The smallest absolute Gasteiger partial charge is 0.460 e. The van der Waals surface area contributed by atoms with Gasteiger partial charge < -0.3 is 15.0 Å². The van der Waals surface area contributed by atoms with Crippen LogP contribution < -0.4 is 10.3 Å². The average Bonchev–Trinajstić information content (AvgIpc) is 2.45. The SMILES string of the molecule is Cc1ncc(COC(=O)[C@@H](N)CS)c(C=O)c1OP(=O)(O)O. The molecule has 9 nitrogen and oxygen atoms in total. The Morgan fingerprint density at radius 2 is 2.23 bits per heavy atom. The highest BCUT2D eigenvalue weighted by molar-refractivity contribution is 7.80. The van der Waals surface area contributed by atoms with E-state index in [1.165, 1.54) is 13.1 Å². The molecule has 0 saturated heterocycles. The van der Waals surface area contributed by atoms with Gasteiger partial charge in [0, 0.05) is 17.5 Å². The first-order valence-electron chi connectivity index (χ1n) is 5.91. The number of hydrogen-bond acceptors (Lipinski definition) is 8. The Hall–Kier alpha value is -1.45. The van der Waals surface area contributed by atoms with Crippen LogP contribution in [0.4, 0.5) is 0 Å². The van der Waals surface area contributed by atoms with E-state index in [2.05, 4.69) is 22.1 Å². The van der Waals surface area contributed by atoms with Crippen molar-refractivity contribution in [3.05, 3.63) is 23.0 Å². The van der Waals surface area contributed by atoms with Gasteiger partial charge in [0.1, 0.15) is 12.6 Å².